The largest absolute Gasteiger partial charge is 0.219 e. The predicted octanol–water partition coefficient (Wildman–Crippen LogP) is 3.19. The van der Waals surface area contributed by atoms with Crippen molar-refractivity contribution in [3.05, 3.63) is 72.5 Å². The monoisotopic (exact) mass is 334 g/mol. The van der Waals surface area contributed by atoms with Crippen LogP contribution in [0.4, 0.5) is 0 Å². The highest BCUT2D eigenvalue weighted by Gasteiger charge is 2.11. The van der Waals surface area contributed by atoms with E-state index in [1.54, 1.807) is 24.3 Å². The van der Waals surface area contributed by atoms with Crippen LogP contribution in [-0.2, 0) is 19.7 Å². The Hall–Kier alpha value is -2.18. The summed E-state index contributed by atoms with van der Waals surface area (Å²) in [5.74, 6) is 0. The van der Waals surface area contributed by atoms with Gasteiger partial charge in [-0.15, -0.1) is 0 Å². The lowest BCUT2D eigenvalue weighted by atomic mass is 10.1. The van der Waals surface area contributed by atoms with Crippen LogP contribution in [0.2, 0.25) is 0 Å². The maximum absolute atomic E-state index is 11.6. The molecule has 6 heteroatoms. The van der Waals surface area contributed by atoms with Gasteiger partial charge in [-0.2, -0.15) is 0 Å². The van der Waals surface area contributed by atoms with Gasteiger partial charge in [0.1, 0.15) is 0 Å². The van der Waals surface area contributed by atoms with Crippen molar-refractivity contribution in [1.29, 1.82) is 0 Å². The van der Waals surface area contributed by atoms with E-state index in [1.807, 2.05) is 0 Å². The third-order valence-corrected chi connectivity index (χ3v) is 5.87. The normalized spacial score (nSPS) is 11.8. The summed E-state index contributed by atoms with van der Waals surface area (Å²) < 4.78 is 46.6. The molecule has 0 spiro atoms. The van der Waals surface area contributed by atoms with Gasteiger partial charge >= 0.3 is 0 Å². The maximum atomic E-state index is 11.6. The zero-order valence-electron chi connectivity index (χ0n) is 11.6. The first-order chi connectivity index (χ1) is 10.3. The topological polar surface area (TPSA) is 68.3 Å². The van der Waals surface area contributed by atoms with Gasteiger partial charge in [-0.25, -0.2) is 16.8 Å². The zero-order chi connectivity index (χ0) is 16.4. The minimum atomic E-state index is -3.45. The minimum Gasteiger partial charge on any atom is -0.219 e. The molecule has 0 aromatic heterocycles. The molecule has 0 aliphatic heterocycles. The van der Waals surface area contributed by atoms with Crippen LogP contribution in [0.15, 0.2) is 82.3 Å². The molecule has 4 nitrogen and oxygen atoms in total. The first kappa shape index (κ1) is 16.2. The first-order valence-electron chi connectivity index (χ1n) is 6.26. The average Bonchev–Trinajstić information content (AvgIpc) is 2.55. The second-order valence-electron chi connectivity index (χ2n) is 4.47. The van der Waals surface area contributed by atoms with Crippen LogP contribution in [0.3, 0.4) is 0 Å². The Morgan fingerprint density at radius 1 is 0.591 bits per heavy atom. The Kier molecular flexibility index (Phi) is 4.35. The van der Waals surface area contributed by atoms with Crippen LogP contribution in [0.1, 0.15) is 0 Å². The molecule has 0 radical (unpaired) electrons. The van der Waals surface area contributed by atoms with Gasteiger partial charge in [-0.05, 0) is 35.4 Å². The lowest BCUT2D eigenvalue weighted by molar-refractivity contribution is 0.603. The molecule has 0 atom stereocenters. The Morgan fingerprint density at radius 2 is 0.864 bits per heavy atom. The van der Waals surface area contributed by atoms with E-state index in [0.29, 0.717) is 0 Å². The molecule has 2 rings (SSSR count). The predicted molar refractivity (Wildman–Crippen MR) is 86.6 cm³/mol. The molecule has 0 N–H and O–H groups in total. The van der Waals surface area contributed by atoms with Crippen LogP contribution >= 0.6 is 0 Å². The molecular formula is C16H14O4S2. The number of hydrogen-bond acceptors (Lipinski definition) is 4. The van der Waals surface area contributed by atoms with E-state index in [4.69, 9.17) is 0 Å². The summed E-state index contributed by atoms with van der Waals surface area (Å²) in [6.45, 7) is 6.55. The molecule has 0 unspecified atom stereocenters. The molecule has 0 bridgehead atoms. The van der Waals surface area contributed by atoms with Crippen molar-refractivity contribution in [3.8, 4) is 11.1 Å². The number of sulfone groups is 2. The summed E-state index contributed by atoms with van der Waals surface area (Å²) in [7, 11) is -6.91. The lowest BCUT2D eigenvalue weighted by Gasteiger charge is -2.05. The van der Waals surface area contributed by atoms with Crippen molar-refractivity contribution in [2.75, 3.05) is 0 Å². The molecule has 2 aromatic rings. The van der Waals surface area contributed by atoms with Gasteiger partial charge < -0.3 is 0 Å². The minimum absolute atomic E-state index is 0.164. The molecule has 0 saturated heterocycles. The van der Waals surface area contributed by atoms with Crippen molar-refractivity contribution in [2.45, 2.75) is 9.79 Å². The van der Waals surface area contributed by atoms with Gasteiger partial charge in [-0.3, -0.25) is 0 Å². The molecule has 0 amide bonds. The van der Waals surface area contributed by atoms with Gasteiger partial charge in [-0.1, -0.05) is 37.4 Å². The molecule has 0 saturated carbocycles. The Morgan fingerprint density at radius 3 is 1.09 bits per heavy atom. The van der Waals surface area contributed by atoms with E-state index in [-0.39, 0.29) is 9.79 Å². The fourth-order valence-electron chi connectivity index (χ4n) is 1.87. The van der Waals surface area contributed by atoms with Crippen molar-refractivity contribution in [2.24, 2.45) is 0 Å². The SMILES string of the molecule is C=CS(=O)(=O)c1ccc(-c2ccc(S(=O)(=O)C=C)cc2)cc1. The van der Waals surface area contributed by atoms with Gasteiger partial charge in [0.15, 0.2) is 19.7 Å². The summed E-state index contributed by atoms with van der Waals surface area (Å²) in [6.07, 6.45) is 0. The maximum Gasteiger partial charge on any atom is 0.199 e. The second-order valence-corrected chi connectivity index (χ2v) is 8.26. The summed E-state index contributed by atoms with van der Waals surface area (Å²) in [5, 5.41) is 1.80. The fourth-order valence-corrected chi connectivity index (χ4v) is 3.28. The van der Waals surface area contributed by atoms with Crippen molar-refractivity contribution in [1.82, 2.24) is 0 Å². The third-order valence-electron chi connectivity index (χ3n) is 3.14. The molecule has 22 heavy (non-hydrogen) atoms. The molecular weight excluding hydrogens is 320 g/mol. The van der Waals surface area contributed by atoms with Crippen LogP contribution in [0.5, 0.6) is 0 Å². The molecule has 0 aliphatic rings. The van der Waals surface area contributed by atoms with Gasteiger partial charge in [0.25, 0.3) is 0 Å². The molecule has 114 valence electrons. The summed E-state index contributed by atoms with van der Waals surface area (Å²) >= 11 is 0. The number of hydrogen-bond donors (Lipinski definition) is 0. The Balaban J connectivity index is 2.38. The van der Waals surface area contributed by atoms with Gasteiger partial charge in [0, 0.05) is 10.8 Å². The van der Waals surface area contributed by atoms with E-state index in [2.05, 4.69) is 13.2 Å². The standard InChI is InChI=1S/C16H14O4S2/c1-3-21(17,18)15-9-5-13(6-10-15)14-7-11-16(12-8-14)22(19,20)4-2/h3-12H,1-2H2. The van der Waals surface area contributed by atoms with Crippen molar-refractivity contribution >= 4 is 19.7 Å². The average molecular weight is 334 g/mol. The van der Waals surface area contributed by atoms with E-state index >= 15 is 0 Å². The smallest absolute Gasteiger partial charge is 0.199 e. The number of rotatable bonds is 5. The second kappa shape index (κ2) is 5.90. The van der Waals surface area contributed by atoms with E-state index < -0.39 is 19.7 Å². The van der Waals surface area contributed by atoms with E-state index in [0.717, 1.165) is 21.9 Å². The Bertz CT molecular complexity index is 826. The first-order valence-corrected chi connectivity index (χ1v) is 9.35. The highest BCUT2D eigenvalue weighted by molar-refractivity contribution is 7.94. The van der Waals surface area contributed by atoms with E-state index in [1.165, 1.54) is 24.3 Å². The highest BCUT2D eigenvalue weighted by Crippen LogP contribution is 2.24. The molecule has 0 fully saturated rings. The van der Waals surface area contributed by atoms with Crippen LogP contribution in [-0.4, -0.2) is 16.8 Å². The van der Waals surface area contributed by atoms with Gasteiger partial charge in [0.2, 0.25) is 0 Å². The van der Waals surface area contributed by atoms with Gasteiger partial charge in [0.05, 0.1) is 9.79 Å². The molecule has 0 heterocycles. The van der Waals surface area contributed by atoms with Crippen LogP contribution < -0.4 is 0 Å². The summed E-state index contributed by atoms with van der Waals surface area (Å²) in [6, 6.07) is 12.6. The van der Waals surface area contributed by atoms with Crippen LogP contribution in [0, 0.1) is 0 Å². The zero-order valence-corrected chi connectivity index (χ0v) is 13.3. The Labute approximate surface area is 130 Å². The van der Waals surface area contributed by atoms with Crippen molar-refractivity contribution in [3.63, 3.8) is 0 Å². The summed E-state index contributed by atoms with van der Waals surface area (Å²) in [4.78, 5) is 0.328. The molecule has 2 aromatic carbocycles. The van der Waals surface area contributed by atoms with E-state index in [9.17, 15) is 16.8 Å². The van der Waals surface area contributed by atoms with Crippen LogP contribution in [0.25, 0.3) is 11.1 Å². The van der Waals surface area contributed by atoms with Crippen molar-refractivity contribution < 1.29 is 16.8 Å². The highest BCUT2D eigenvalue weighted by atomic mass is 32.2. The quantitative estimate of drug-likeness (QED) is 0.842. The third kappa shape index (κ3) is 3.18. The summed E-state index contributed by atoms with van der Waals surface area (Å²) in [5.41, 5.74) is 1.57. The molecule has 0 aliphatic carbocycles. The lowest BCUT2D eigenvalue weighted by Crippen LogP contribution is -1.96. The number of benzene rings is 2. The fraction of sp³-hybridized carbons (Fsp3) is 0.